The van der Waals surface area contributed by atoms with Gasteiger partial charge in [0.05, 0.1) is 0 Å². The molecular formula is C19H24N4O. The summed E-state index contributed by atoms with van der Waals surface area (Å²) < 4.78 is 2.23. The molecule has 24 heavy (non-hydrogen) atoms. The lowest BCUT2D eigenvalue weighted by Gasteiger charge is -2.26. The molecule has 2 heterocycles. The summed E-state index contributed by atoms with van der Waals surface area (Å²) in [6, 6.07) is 10.1. The van der Waals surface area contributed by atoms with Gasteiger partial charge in [-0.05, 0) is 31.2 Å². The van der Waals surface area contributed by atoms with E-state index in [-0.39, 0.29) is 11.9 Å². The Hall–Kier alpha value is -2.14. The predicted octanol–water partition coefficient (Wildman–Crippen LogP) is 2.37. The van der Waals surface area contributed by atoms with Crippen molar-refractivity contribution in [2.24, 2.45) is 0 Å². The number of hydrogen-bond donors (Lipinski definition) is 2. The lowest BCUT2D eigenvalue weighted by Crippen LogP contribution is -2.40. The fourth-order valence-electron chi connectivity index (χ4n) is 3.48. The lowest BCUT2D eigenvalue weighted by atomic mass is 9.97. The van der Waals surface area contributed by atoms with Gasteiger partial charge < -0.3 is 15.2 Å². The lowest BCUT2D eigenvalue weighted by molar-refractivity contribution is -0.123. The molecule has 1 amide bonds. The number of aromatic nitrogens is 2. The molecule has 1 fully saturated rings. The monoisotopic (exact) mass is 324 g/mol. The summed E-state index contributed by atoms with van der Waals surface area (Å²) in [6.45, 7) is 1.82. The number of hydrogen-bond acceptors (Lipinski definition) is 3. The van der Waals surface area contributed by atoms with Gasteiger partial charge in [-0.15, -0.1) is 0 Å². The minimum absolute atomic E-state index is 0.0860. The van der Waals surface area contributed by atoms with E-state index in [1.54, 1.807) is 0 Å². The van der Waals surface area contributed by atoms with E-state index in [4.69, 9.17) is 0 Å². The topological polar surface area (TPSA) is 59.0 Å². The largest absolute Gasteiger partial charge is 0.352 e. The van der Waals surface area contributed by atoms with Crippen LogP contribution in [0.5, 0.6) is 0 Å². The van der Waals surface area contributed by atoms with E-state index >= 15 is 0 Å². The average molecular weight is 324 g/mol. The first-order valence-electron chi connectivity index (χ1n) is 8.91. The van der Waals surface area contributed by atoms with Crippen LogP contribution in [0.4, 0.5) is 0 Å². The number of rotatable bonds is 6. The standard InChI is InChI=1S/C19H24N4O/c24-19(22-16-8-9-16)17(14-5-2-1-3-6-14)21-13-15-7-4-11-23-12-10-20-18(15)23/h1-3,5-6,10,12,15-17,21H,4,7-9,11,13H2,(H,22,24)/t15-,17-/m1/s1. The maximum absolute atomic E-state index is 12.7. The SMILES string of the molecule is O=C(NC1CC1)[C@H](NC[C@H]1CCCn2ccnc21)c1ccccc1. The number of nitrogens with zero attached hydrogens (tertiary/aromatic N) is 2. The third-order valence-electron chi connectivity index (χ3n) is 4.95. The fraction of sp³-hybridized carbons (Fsp3) is 0.474. The molecule has 2 atom stereocenters. The summed E-state index contributed by atoms with van der Waals surface area (Å²) in [6.07, 6.45) is 8.43. The van der Waals surface area contributed by atoms with Crippen molar-refractivity contribution in [1.29, 1.82) is 0 Å². The minimum Gasteiger partial charge on any atom is -0.352 e. The Morgan fingerprint density at radius 1 is 1.25 bits per heavy atom. The van der Waals surface area contributed by atoms with Crippen LogP contribution >= 0.6 is 0 Å². The predicted molar refractivity (Wildman–Crippen MR) is 92.6 cm³/mol. The quantitative estimate of drug-likeness (QED) is 0.858. The van der Waals surface area contributed by atoms with Gasteiger partial charge in [-0.3, -0.25) is 4.79 Å². The van der Waals surface area contributed by atoms with Gasteiger partial charge in [0.25, 0.3) is 0 Å². The van der Waals surface area contributed by atoms with Gasteiger partial charge in [-0.25, -0.2) is 4.98 Å². The Kier molecular flexibility index (Phi) is 4.34. The summed E-state index contributed by atoms with van der Waals surface area (Å²) in [5, 5.41) is 6.64. The van der Waals surface area contributed by atoms with E-state index in [0.717, 1.165) is 43.7 Å². The Bertz CT molecular complexity index is 692. The Morgan fingerprint density at radius 2 is 2.08 bits per heavy atom. The smallest absolute Gasteiger partial charge is 0.241 e. The van der Waals surface area contributed by atoms with Crippen molar-refractivity contribution >= 4 is 5.91 Å². The van der Waals surface area contributed by atoms with Gasteiger partial charge in [0, 0.05) is 37.4 Å². The van der Waals surface area contributed by atoms with Crippen LogP contribution in [-0.2, 0) is 11.3 Å². The number of benzene rings is 1. The van der Waals surface area contributed by atoms with Gasteiger partial charge in [0.2, 0.25) is 5.91 Å². The highest BCUT2D eigenvalue weighted by Gasteiger charge is 2.29. The number of carbonyl (C=O) groups is 1. The molecule has 1 aliphatic heterocycles. The first-order valence-corrected chi connectivity index (χ1v) is 8.91. The molecule has 1 aromatic heterocycles. The first kappa shape index (κ1) is 15.4. The molecule has 0 bridgehead atoms. The maximum atomic E-state index is 12.7. The molecule has 126 valence electrons. The number of nitrogens with one attached hydrogen (secondary N) is 2. The second kappa shape index (κ2) is 6.77. The highest BCUT2D eigenvalue weighted by atomic mass is 16.2. The van der Waals surface area contributed by atoms with Crippen molar-refractivity contribution < 1.29 is 4.79 Å². The zero-order valence-corrected chi connectivity index (χ0v) is 13.8. The normalized spacial score (nSPS) is 21.1. The highest BCUT2D eigenvalue weighted by Crippen LogP contribution is 2.26. The van der Waals surface area contributed by atoms with Gasteiger partial charge >= 0.3 is 0 Å². The van der Waals surface area contributed by atoms with Crippen LogP contribution in [0.3, 0.4) is 0 Å². The molecule has 5 heteroatoms. The Labute approximate surface area is 142 Å². The molecule has 0 saturated heterocycles. The third kappa shape index (κ3) is 3.36. The van der Waals surface area contributed by atoms with E-state index in [2.05, 4.69) is 26.4 Å². The van der Waals surface area contributed by atoms with Gasteiger partial charge in [-0.1, -0.05) is 30.3 Å². The molecule has 2 aliphatic rings. The van der Waals surface area contributed by atoms with E-state index in [0.29, 0.717) is 12.0 Å². The van der Waals surface area contributed by atoms with Crippen LogP contribution in [0.2, 0.25) is 0 Å². The van der Waals surface area contributed by atoms with E-state index in [9.17, 15) is 4.79 Å². The molecule has 4 rings (SSSR count). The van der Waals surface area contributed by atoms with Crippen molar-refractivity contribution in [3.63, 3.8) is 0 Å². The summed E-state index contributed by atoms with van der Waals surface area (Å²) in [5.41, 5.74) is 1.02. The molecule has 2 N–H and O–H groups in total. The minimum atomic E-state index is -0.294. The van der Waals surface area contributed by atoms with Crippen molar-refractivity contribution in [3.05, 3.63) is 54.1 Å². The second-order valence-corrected chi connectivity index (χ2v) is 6.85. The zero-order chi connectivity index (χ0) is 16.4. The molecule has 1 aromatic carbocycles. The van der Waals surface area contributed by atoms with Crippen LogP contribution in [-0.4, -0.2) is 28.0 Å². The Morgan fingerprint density at radius 3 is 2.88 bits per heavy atom. The zero-order valence-electron chi connectivity index (χ0n) is 13.8. The average Bonchev–Trinajstić information content (AvgIpc) is 3.28. The first-order chi connectivity index (χ1) is 11.8. The molecule has 0 unspecified atom stereocenters. The van der Waals surface area contributed by atoms with E-state index in [1.807, 2.05) is 36.5 Å². The van der Waals surface area contributed by atoms with Crippen molar-refractivity contribution in [3.8, 4) is 0 Å². The molecular weight excluding hydrogens is 300 g/mol. The van der Waals surface area contributed by atoms with Crippen LogP contribution in [0.1, 0.15) is 49.0 Å². The number of amides is 1. The fourth-order valence-corrected chi connectivity index (χ4v) is 3.48. The molecule has 0 radical (unpaired) electrons. The van der Waals surface area contributed by atoms with Crippen LogP contribution in [0, 0.1) is 0 Å². The number of aryl methyl sites for hydroxylation is 1. The molecule has 5 nitrogen and oxygen atoms in total. The molecule has 1 saturated carbocycles. The highest BCUT2D eigenvalue weighted by molar-refractivity contribution is 5.83. The summed E-state index contributed by atoms with van der Waals surface area (Å²) in [5.74, 6) is 1.60. The van der Waals surface area contributed by atoms with Gasteiger partial charge in [0.1, 0.15) is 11.9 Å². The van der Waals surface area contributed by atoms with E-state index in [1.165, 1.54) is 6.42 Å². The van der Waals surface area contributed by atoms with Crippen molar-refractivity contribution in [2.75, 3.05) is 6.54 Å². The van der Waals surface area contributed by atoms with Crippen LogP contribution in [0.15, 0.2) is 42.7 Å². The van der Waals surface area contributed by atoms with Gasteiger partial charge in [0.15, 0.2) is 0 Å². The molecule has 1 aliphatic carbocycles. The summed E-state index contributed by atoms with van der Waals surface area (Å²) >= 11 is 0. The van der Waals surface area contributed by atoms with Crippen molar-refractivity contribution in [2.45, 2.75) is 50.2 Å². The maximum Gasteiger partial charge on any atom is 0.241 e. The summed E-state index contributed by atoms with van der Waals surface area (Å²) in [7, 11) is 0. The van der Waals surface area contributed by atoms with Crippen LogP contribution < -0.4 is 10.6 Å². The molecule has 0 spiro atoms. The number of carbonyl (C=O) groups excluding carboxylic acids is 1. The number of imidazole rings is 1. The van der Waals surface area contributed by atoms with Crippen molar-refractivity contribution in [1.82, 2.24) is 20.2 Å². The van der Waals surface area contributed by atoms with Crippen LogP contribution in [0.25, 0.3) is 0 Å². The Balaban J connectivity index is 1.47. The number of fused-ring (bicyclic) bond motifs is 1. The second-order valence-electron chi connectivity index (χ2n) is 6.85. The third-order valence-corrected chi connectivity index (χ3v) is 4.95. The van der Waals surface area contributed by atoms with Gasteiger partial charge in [-0.2, -0.15) is 0 Å². The van der Waals surface area contributed by atoms with E-state index < -0.39 is 0 Å². The summed E-state index contributed by atoms with van der Waals surface area (Å²) in [4.78, 5) is 17.2. The molecule has 2 aromatic rings.